The quantitative estimate of drug-likeness (QED) is 0.704. The summed E-state index contributed by atoms with van der Waals surface area (Å²) in [5.41, 5.74) is 5.01. The van der Waals surface area contributed by atoms with E-state index >= 15 is 0 Å². The van der Waals surface area contributed by atoms with Gasteiger partial charge < -0.3 is 4.90 Å². The Hall–Kier alpha value is -2.37. The van der Waals surface area contributed by atoms with Crippen LogP contribution in [-0.4, -0.2) is 51.4 Å². The second kappa shape index (κ2) is 7.57. The van der Waals surface area contributed by atoms with E-state index in [9.17, 15) is 0 Å². The Morgan fingerprint density at radius 2 is 2.04 bits per heavy atom. The summed E-state index contributed by atoms with van der Waals surface area (Å²) in [5.74, 6) is 1.49. The minimum absolute atomic E-state index is 0.437. The van der Waals surface area contributed by atoms with Crippen LogP contribution in [0.2, 0.25) is 0 Å². The van der Waals surface area contributed by atoms with Gasteiger partial charge in [0.15, 0.2) is 0 Å². The van der Waals surface area contributed by atoms with E-state index in [2.05, 4.69) is 58.4 Å². The first-order valence-corrected chi connectivity index (χ1v) is 10.3. The molecule has 2 aromatic heterocycles. The molecule has 0 amide bonds. The molecule has 0 bridgehead atoms. The van der Waals surface area contributed by atoms with E-state index < -0.39 is 0 Å². The molecule has 2 aliphatic rings. The Kier molecular flexibility index (Phi) is 4.79. The molecule has 5 rings (SSSR count). The summed E-state index contributed by atoms with van der Waals surface area (Å²) in [6, 6.07) is 10.6. The van der Waals surface area contributed by atoms with Crippen molar-refractivity contribution in [1.29, 1.82) is 0 Å². The molecule has 3 aromatic rings. The zero-order valence-electron chi connectivity index (χ0n) is 16.5. The monoisotopic (exact) mass is 373 g/mol. The molecule has 2 aliphatic heterocycles. The van der Waals surface area contributed by atoms with Crippen molar-refractivity contribution in [3.63, 3.8) is 0 Å². The third-order valence-corrected chi connectivity index (χ3v) is 6.15. The number of aromatic nitrogens is 3. The van der Waals surface area contributed by atoms with Gasteiger partial charge >= 0.3 is 0 Å². The number of likely N-dealkylation sites (N-methyl/N-ethyl adjacent to an activating group) is 1. The normalized spacial score (nSPS) is 21.0. The van der Waals surface area contributed by atoms with E-state index in [1.54, 1.807) is 0 Å². The smallest absolute Gasteiger partial charge is 0.132 e. The molecule has 0 radical (unpaired) electrons. The number of hydrogen-bond acceptors (Lipinski definition) is 5. The highest BCUT2D eigenvalue weighted by molar-refractivity contribution is 5.81. The average Bonchev–Trinajstić information content (AvgIpc) is 2.74. The van der Waals surface area contributed by atoms with Crippen LogP contribution in [-0.2, 0) is 19.5 Å². The van der Waals surface area contributed by atoms with Crippen molar-refractivity contribution >= 4 is 10.9 Å². The van der Waals surface area contributed by atoms with Crippen molar-refractivity contribution in [2.24, 2.45) is 0 Å². The SMILES string of the molecule is CN1CCc2nc(C3CCCN(Cc4ccnc5ccccc45)C3)ncc2C1. The molecule has 144 valence electrons. The minimum Gasteiger partial charge on any atom is -0.302 e. The molecule has 28 heavy (non-hydrogen) atoms. The van der Waals surface area contributed by atoms with Crippen LogP contribution in [0.25, 0.3) is 10.9 Å². The van der Waals surface area contributed by atoms with Crippen LogP contribution in [0.15, 0.2) is 42.7 Å². The van der Waals surface area contributed by atoms with Gasteiger partial charge in [0.05, 0.1) is 5.52 Å². The predicted molar refractivity (Wildman–Crippen MR) is 111 cm³/mol. The van der Waals surface area contributed by atoms with Crippen LogP contribution in [0.5, 0.6) is 0 Å². The van der Waals surface area contributed by atoms with E-state index in [1.807, 2.05) is 6.20 Å². The summed E-state index contributed by atoms with van der Waals surface area (Å²) in [6.07, 6.45) is 7.44. The summed E-state index contributed by atoms with van der Waals surface area (Å²) in [6.45, 7) is 5.21. The molecule has 1 saturated heterocycles. The van der Waals surface area contributed by atoms with Gasteiger partial charge in [0.25, 0.3) is 0 Å². The number of piperidine rings is 1. The van der Waals surface area contributed by atoms with Gasteiger partial charge in [-0.25, -0.2) is 9.97 Å². The fraction of sp³-hybridized carbons (Fsp3) is 0.435. The number of rotatable bonds is 3. The molecule has 4 heterocycles. The zero-order chi connectivity index (χ0) is 18.9. The van der Waals surface area contributed by atoms with Crippen molar-refractivity contribution in [3.8, 4) is 0 Å². The van der Waals surface area contributed by atoms with E-state index in [4.69, 9.17) is 9.97 Å². The predicted octanol–water partition coefficient (Wildman–Crippen LogP) is 3.39. The second-order valence-corrected chi connectivity index (χ2v) is 8.25. The first kappa shape index (κ1) is 17.7. The largest absolute Gasteiger partial charge is 0.302 e. The molecule has 0 spiro atoms. The lowest BCUT2D eigenvalue weighted by Gasteiger charge is -2.33. The standard InChI is InChI=1S/C23H27N5/c1-27-12-9-21-19(14-27)13-25-23(26-21)18-5-4-11-28(16-18)15-17-8-10-24-22-7-3-2-6-20(17)22/h2-3,6-8,10,13,18H,4-5,9,11-12,14-16H2,1H3. The average molecular weight is 374 g/mol. The zero-order valence-corrected chi connectivity index (χ0v) is 16.5. The van der Waals surface area contributed by atoms with Gasteiger partial charge in [-0.05, 0) is 44.1 Å². The number of para-hydroxylation sites is 1. The minimum atomic E-state index is 0.437. The van der Waals surface area contributed by atoms with Gasteiger partial charge in [-0.15, -0.1) is 0 Å². The Balaban J connectivity index is 1.34. The number of pyridine rings is 1. The van der Waals surface area contributed by atoms with Crippen molar-refractivity contribution in [2.45, 2.75) is 38.3 Å². The molecular weight excluding hydrogens is 346 g/mol. The Morgan fingerprint density at radius 3 is 3.00 bits per heavy atom. The van der Waals surface area contributed by atoms with Gasteiger partial charge in [0.1, 0.15) is 5.82 Å². The van der Waals surface area contributed by atoms with Crippen molar-refractivity contribution in [1.82, 2.24) is 24.8 Å². The van der Waals surface area contributed by atoms with Crippen molar-refractivity contribution in [3.05, 3.63) is 65.4 Å². The Labute approximate surface area is 166 Å². The second-order valence-electron chi connectivity index (χ2n) is 8.25. The molecule has 1 atom stereocenters. The van der Waals surface area contributed by atoms with Crippen molar-refractivity contribution < 1.29 is 0 Å². The highest BCUT2D eigenvalue weighted by Gasteiger charge is 2.25. The lowest BCUT2D eigenvalue weighted by Crippen LogP contribution is -2.35. The lowest BCUT2D eigenvalue weighted by molar-refractivity contribution is 0.196. The fourth-order valence-electron chi connectivity index (χ4n) is 4.61. The molecule has 0 N–H and O–H groups in total. The molecule has 1 fully saturated rings. The number of hydrogen-bond donors (Lipinski definition) is 0. The molecular formula is C23H27N5. The molecule has 0 aliphatic carbocycles. The lowest BCUT2D eigenvalue weighted by atomic mass is 9.95. The summed E-state index contributed by atoms with van der Waals surface area (Å²) in [7, 11) is 2.17. The highest BCUT2D eigenvalue weighted by Crippen LogP contribution is 2.28. The van der Waals surface area contributed by atoms with E-state index in [0.29, 0.717) is 5.92 Å². The first-order chi connectivity index (χ1) is 13.8. The van der Waals surface area contributed by atoms with Gasteiger partial charge in [-0.2, -0.15) is 0 Å². The highest BCUT2D eigenvalue weighted by atomic mass is 15.1. The van der Waals surface area contributed by atoms with Crippen LogP contribution in [0, 0.1) is 0 Å². The Morgan fingerprint density at radius 1 is 1.11 bits per heavy atom. The topological polar surface area (TPSA) is 45.2 Å². The van der Waals surface area contributed by atoms with Crippen LogP contribution < -0.4 is 0 Å². The van der Waals surface area contributed by atoms with Crippen LogP contribution in [0.1, 0.15) is 41.4 Å². The molecule has 5 heteroatoms. The summed E-state index contributed by atoms with van der Waals surface area (Å²) >= 11 is 0. The third kappa shape index (κ3) is 3.52. The number of likely N-dealkylation sites (tertiary alicyclic amines) is 1. The van der Waals surface area contributed by atoms with Gasteiger partial charge in [0, 0.05) is 67.6 Å². The maximum atomic E-state index is 4.99. The maximum Gasteiger partial charge on any atom is 0.132 e. The van der Waals surface area contributed by atoms with Crippen LogP contribution in [0.3, 0.4) is 0 Å². The van der Waals surface area contributed by atoms with E-state index in [0.717, 1.165) is 50.5 Å². The molecule has 1 unspecified atom stereocenters. The maximum absolute atomic E-state index is 4.99. The van der Waals surface area contributed by atoms with Crippen LogP contribution in [0.4, 0.5) is 0 Å². The summed E-state index contributed by atoms with van der Waals surface area (Å²) in [5, 5.41) is 1.27. The Bertz CT molecular complexity index is 980. The number of fused-ring (bicyclic) bond motifs is 2. The molecule has 1 aromatic carbocycles. The van der Waals surface area contributed by atoms with E-state index in [1.165, 1.54) is 35.0 Å². The van der Waals surface area contributed by atoms with E-state index in [-0.39, 0.29) is 0 Å². The van der Waals surface area contributed by atoms with Crippen LogP contribution >= 0.6 is 0 Å². The number of benzene rings is 1. The molecule has 5 nitrogen and oxygen atoms in total. The molecule has 0 saturated carbocycles. The van der Waals surface area contributed by atoms with Crippen molar-refractivity contribution in [2.75, 3.05) is 26.7 Å². The first-order valence-electron chi connectivity index (χ1n) is 10.3. The summed E-state index contributed by atoms with van der Waals surface area (Å²) in [4.78, 5) is 19.2. The van der Waals surface area contributed by atoms with Gasteiger partial charge in [-0.1, -0.05) is 18.2 Å². The van der Waals surface area contributed by atoms with Gasteiger partial charge in [0.2, 0.25) is 0 Å². The van der Waals surface area contributed by atoms with Gasteiger partial charge in [-0.3, -0.25) is 9.88 Å². The number of nitrogens with zero attached hydrogens (tertiary/aromatic N) is 5. The summed E-state index contributed by atoms with van der Waals surface area (Å²) < 4.78 is 0. The fourth-order valence-corrected chi connectivity index (χ4v) is 4.61. The third-order valence-electron chi connectivity index (χ3n) is 6.15.